The van der Waals surface area contributed by atoms with E-state index in [4.69, 9.17) is 5.73 Å². The van der Waals surface area contributed by atoms with Crippen LogP contribution >= 0.6 is 12.4 Å². The standard InChI is InChI=1S/C23H31N3O.ClH/c1-2-26(23-11-15-7-16(12-23)9-17(8-15)13-23)22(27)20(24)10-18-14-25-21-6-4-3-5-19(18)21;/h3-6,14-17,20,25H,2,7-13,24H2,1H3;1H/t15?,16?,17?,20-,23?;/m0./s1. The van der Waals surface area contributed by atoms with Gasteiger partial charge < -0.3 is 15.6 Å². The predicted octanol–water partition coefficient (Wildman–Crippen LogP) is 4.28. The second kappa shape index (κ2) is 7.38. The van der Waals surface area contributed by atoms with Gasteiger partial charge in [0.1, 0.15) is 0 Å². The Bertz CT molecular complexity index is 825. The second-order valence-corrected chi connectivity index (χ2v) is 9.39. The Morgan fingerprint density at radius 2 is 1.79 bits per heavy atom. The number of H-pyrrole nitrogens is 1. The molecule has 2 aromatic rings. The van der Waals surface area contributed by atoms with Crippen molar-refractivity contribution in [3.8, 4) is 0 Å². The second-order valence-electron chi connectivity index (χ2n) is 9.39. The smallest absolute Gasteiger partial charge is 0.240 e. The summed E-state index contributed by atoms with van der Waals surface area (Å²) in [7, 11) is 0. The van der Waals surface area contributed by atoms with Crippen LogP contribution in [0.5, 0.6) is 0 Å². The molecule has 4 aliphatic carbocycles. The lowest BCUT2D eigenvalue weighted by Gasteiger charge is -2.60. The molecule has 5 heteroatoms. The van der Waals surface area contributed by atoms with Crippen molar-refractivity contribution in [1.29, 1.82) is 0 Å². The first-order valence-corrected chi connectivity index (χ1v) is 10.7. The molecule has 4 saturated carbocycles. The number of nitrogens with two attached hydrogens (primary N) is 1. The highest BCUT2D eigenvalue weighted by Gasteiger charge is 2.54. The summed E-state index contributed by atoms with van der Waals surface area (Å²) in [6.07, 6.45) is 10.4. The number of carbonyl (C=O) groups is 1. The summed E-state index contributed by atoms with van der Waals surface area (Å²) in [6, 6.07) is 7.78. The molecule has 28 heavy (non-hydrogen) atoms. The lowest BCUT2D eigenvalue weighted by Crippen LogP contribution is -2.63. The maximum atomic E-state index is 13.4. The third kappa shape index (κ3) is 3.15. The van der Waals surface area contributed by atoms with Gasteiger partial charge in [-0.1, -0.05) is 18.2 Å². The topological polar surface area (TPSA) is 62.1 Å². The highest BCUT2D eigenvalue weighted by Crippen LogP contribution is 2.57. The number of nitrogens with zero attached hydrogens (tertiary/aromatic N) is 1. The van der Waals surface area contributed by atoms with E-state index in [1.165, 1.54) is 43.9 Å². The highest BCUT2D eigenvalue weighted by atomic mass is 35.5. The number of hydrogen-bond donors (Lipinski definition) is 2. The fourth-order valence-corrected chi connectivity index (χ4v) is 6.95. The maximum Gasteiger partial charge on any atom is 0.240 e. The van der Waals surface area contributed by atoms with Gasteiger partial charge in [0, 0.05) is 29.2 Å². The van der Waals surface area contributed by atoms with E-state index in [0.717, 1.165) is 35.4 Å². The Morgan fingerprint density at radius 1 is 1.18 bits per heavy atom. The van der Waals surface area contributed by atoms with Crippen LogP contribution in [0.1, 0.15) is 51.0 Å². The number of likely N-dealkylation sites (N-methyl/N-ethyl adjacent to an activating group) is 1. The van der Waals surface area contributed by atoms with Crippen LogP contribution in [0.2, 0.25) is 0 Å². The van der Waals surface area contributed by atoms with Crippen LogP contribution in [0.25, 0.3) is 10.9 Å². The zero-order valence-electron chi connectivity index (χ0n) is 16.7. The number of aromatic amines is 1. The van der Waals surface area contributed by atoms with Crippen LogP contribution < -0.4 is 5.73 Å². The van der Waals surface area contributed by atoms with Gasteiger partial charge in [0.2, 0.25) is 5.91 Å². The van der Waals surface area contributed by atoms with Crippen molar-refractivity contribution in [2.24, 2.45) is 23.5 Å². The van der Waals surface area contributed by atoms with Crippen LogP contribution in [0, 0.1) is 17.8 Å². The van der Waals surface area contributed by atoms with E-state index < -0.39 is 6.04 Å². The minimum atomic E-state index is -0.461. The lowest BCUT2D eigenvalue weighted by atomic mass is 9.52. The third-order valence-electron chi connectivity index (χ3n) is 7.59. The Balaban J connectivity index is 0.00000192. The fraction of sp³-hybridized carbons (Fsp3) is 0.609. The molecule has 4 aliphatic rings. The first kappa shape index (κ1) is 19.8. The summed E-state index contributed by atoms with van der Waals surface area (Å²) in [5.74, 6) is 2.67. The van der Waals surface area contributed by atoms with Gasteiger partial charge in [-0.05, 0) is 81.3 Å². The van der Waals surface area contributed by atoms with E-state index in [2.05, 4.69) is 28.9 Å². The number of amides is 1. The van der Waals surface area contributed by atoms with Gasteiger partial charge in [-0.15, -0.1) is 12.4 Å². The van der Waals surface area contributed by atoms with Crippen LogP contribution in [0.15, 0.2) is 30.5 Å². The number of rotatable bonds is 5. The van der Waals surface area contributed by atoms with Crippen molar-refractivity contribution in [2.45, 2.75) is 63.5 Å². The summed E-state index contributed by atoms with van der Waals surface area (Å²) < 4.78 is 0. The van der Waals surface area contributed by atoms with Gasteiger partial charge in [0.15, 0.2) is 0 Å². The Kier molecular flexibility index (Phi) is 5.22. The molecular weight excluding hydrogens is 370 g/mol. The van der Waals surface area contributed by atoms with Gasteiger partial charge in [-0.3, -0.25) is 4.79 Å². The number of para-hydroxylation sites is 1. The molecule has 1 aromatic carbocycles. The lowest BCUT2D eigenvalue weighted by molar-refractivity contribution is -0.151. The van der Waals surface area contributed by atoms with E-state index in [1.807, 2.05) is 18.3 Å². The number of aromatic nitrogens is 1. The Hall–Kier alpha value is -1.52. The number of halogens is 1. The summed E-state index contributed by atoms with van der Waals surface area (Å²) in [6.45, 7) is 2.92. The molecule has 6 rings (SSSR count). The van der Waals surface area contributed by atoms with Crippen molar-refractivity contribution in [3.63, 3.8) is 0 Å². The number of fused-ring (bicyclic) bond motifs is 1. The van der Waals surface area contributed by atoms with Gasteiger partial charge in [-0.25, -0.2) is 0 Å². The Labute approximate surface area is 173 Å². The van der Waals surface area contributed by atoms with Crippen LogP contribution in [-0.4, -0.2) is 33.9 Å². The van der Waals surface area contributed by atoms with Gasteiger partial charge in [-0.2, -0.15) is 0 Å². The fourth-order valence-electron chi connectivity index (χ4n) is 6.95. The summed E-state index contributed by atoms with van der Waals surface area (Å²) in [4.78, 5) is 18.9. The van der Waals surface area contributed by atoms with Crippen LogP contribution in [0.4, 0.5) is 0 Å². The highest BCUT2D eigenvalue weighted by molar-refractivity contribution is 5.86. The minimum absolute atomic E-state index is 0. The first-order valence-electron chi connectivity index (χ1n) is 10.7. The van der Waals surface area contributed by atoms with E-state index >= 15 is 0 Å². The average Bonchev–Trinajstić information content (AvgIpc) is 3.04. The minimum Gasteiger partial charge on any atom is -0.361 e. The number of benzene rings is 1. The maximum absolute atomic E-state index is 13.4. The van der Waals surface area contributed by atoms with E-state index in [-0.39, 0.29) is 23.9 Å². The molecule has 1 aromatic heterocycles. The molecule has 152 valence electrons. The SMILES string of the molecule is CCN(C(=O)[C@@H](N)Cc1c[nH]c2ccccc12)C12CC3CC(CC(C3)C1)C2.Cl. The van der Waals surface area contributed by atoms with Crippen LogP contribution in [-0.2, 0) is 11.2 Å². The molecule has 4 nitrogen and oxygen atoms in total. The first-order chi connectivity index (χ1) is 13.1. The third-order valence-corrected chi connectivity index (χ3v) is 7.59. The summed E-state index contributed by atoms with van der Waals surface area (Å²) in [5, 5.41) is 1.18. The van der Waals surface area contributed by atoms with Crippen molar-refractivity contribution in [2.75, 3.05) is 6.54 Å². The molecule has 0 unspecified atom stereocenters. The van der Waals surface area contributed by atoms with E-state index in [1.54, 1.807) is 0 Å². The molecule has 4 fully saturated rings. The van der Waals surface area contributed by atoms with E-state index in [0.29, 0.717) is 6.42 Å². The predicted molar refractivity (Wildman–Crippen MR) is 116 cm³/mol. The summed E-state index contributed by atoms with van der Waals surface area (Å²) in [5.41, 5.74) is 8.84. The van der Waals surface area contributed by atoms with Crippen molar-refractivity contribution >= 4 is 29.2 Å². The number of nitrogens with one attached hydrogen (secondary N) is 1. The molecule has 4 bridgehead atoms. The molecule has 1 atom stereocenters. The van der Waals surface area contributed by atoms with Gasteiger partial charge in [0.25, 0.3) is 0 Å². The van der Waals surface area contributed by atoms with Crippen LogP contribution in [0.3, 0.4) is 0 Å². The molecule has 3 N–H and O–H groups in total. The molecule has 0 radical (unpaired) electrons. The van der Waals surface area contributed by atoms with Gasteiger partial charge >= 0.3 is 0 Å². The zero-order valence-corrected chi connectivity index (χ0v) is 17.5. The summed E-state index contributed by atoms with van der Waals surface area (Å²) >= 11 is 0. The van der Waals surface area contributed by atoms with Crippen molar-refractivity contribution in [3.05, 3.63) is 36.0 Å². The number of carbonyl (C=O) groups excluding carboxylic acids is 1. The van der Waals surface area contributed by atoms with Gasteiger partial charge in [0.05, 0.1) is 6.04 Å². The largest absolute Gasteiger partial charge is 0.361 e. The van der Waals surface area contributed by atoms with Crippen molar-refractivity contribution in [1.82, 2.24) is 9.88 Å². The molecular formula is C23H32ClN3O. The normalized spacial score (nSPS) is 31.6. The molecule has 1 amide bonds. The Morgan fingerprint density at radius 3 is 2.39 bits per heavy atom. The molecule has 0 saturated heterocycles. The number of hydrogen-bond acceptors (Lipinski definition) is 2. The van der Waals surface area contributed by atoms with Crippen molar-refractivity contribution < 1.29 is 4.79 Å². The molecule has 0 aliphatic heterocycles. The molecule has 0 spiro atoms. The van der Waals surface area contributed by atoms with E-state index in [9.17, 15) is 4.79 Å². The average molecular weight is 402 g/mol. The molecule has 1 heterocycles. The monoisotopic (exact) mass is 401 g/mol. The zero-order chi connectivity index (χ0) is 18.6. The quantitative estimate of drug-likeness (QED) is 0.785.